The van der Waals surface area contributed by atoms with Crippen LogP contribution in [0.1, 0.15) is 0 Å². The topological polar surface area (TPSA) is 47.0 Å². The number of halogens is 1. The Morgan fingerprint density at radius 1 is 1.77 bits per heavy atom. The molecule has 0 fully saturated rings. The van der Waals surface area contributed by atoms with Crippen LogP contribution < -0.4 is 10.1 Å². The highest BCUT2D eigenvalue weighted by atomic mass is 35.5. The number of hydrogen-bond donors (Lipinski definition) is 1. The number of methoxy groups -OCH3 is 1. The van der Waals surface area contributed by atoms with E-state index in [0.29, 0.717) is 17.4 Å². The first-order valence-electron chi connectivity index (χ1n) is 3.69. The Bertz CT molecular complexity index is 303. The van der Waals surface area contributed by atoms with Crippen molar-refractivity contribution in [3.63, 3.8) is 0 Å². The molecule has 0 aliphatic rings. The fourth-order valence-electron chi connectivity index (χ4n) is 0.742. The molecule has 0 amide bonds. The minimum absolute atomic E-state index is 0.288. The number of rotatable bonds is 4. The summed E-state index contributed by atoms with van der Waals surface area (Å²) >= 11 is 5.81. The van der Waals surface area contributed by atoms with Crippen LogP contribution in [-0.4, -0.2) is 23.6 Å². The van der Waals surface area contributed by atoms with Gasteiger partial charge < -0.3 is 10.1 Å². The molecule has 5 heteroatoms. The highest BCUT2D eigenvalue weighted by Crippen LogP contribution is 2.19. The van der Waals surface area contributed by atoms with Gasteiger partial charge in [0.1, 0.15) is 5.02 Å². The van der Waals surface area contributed by atoms with Gasteiger partial charge in [0.25, 0.3) is 0 Å². The zero-order chi connectivity index (χ0) is 9.68. The number of nitrogens with zero attached hydrogens (tertiary/aromatic N) is 2. The lowest BCUT2D eigenvalue weighted by Gasteiger charge is -2.05. The van der Waals surface area contributed by atoms with E-state index in [1.165, 1.54) is 13.3 Å². The predicted octanol–water partition coefficient (Wildman–Crippen LogP) is 1.74. The molecule has 0 radical (unpaired) electrons. The summed E-state index contributed by atoms with van der Waals surface area (Å²) in [4.78, 5) is 7.84. The molecule has 0 bridgehead atoms. The third-order valence-corrected chi connectivity index (χ3v) is 1.60. The second kappa shape index (κ2) is 4.67. The van der Waals surface area contributed by atoms with Crippen LogP contribution in [0.3, 0.4) is 0 Å². The summed E-state index contributed by atoms with van der Waals surface area (Å²) in [5.41, 5.74) is 0. The van der Waals surface area contributed by atoms with E-state index in [1.54, 1.807) is 6.08 Å². The fraction of sp³-hybridized carbons (Fsp3) is 0.250. The van der Waals surface area contributed by atoms with Crippen LogP contribution in [0.4, 0.5) is 5.82 Å². The molecule has 1 aromatic heterocycles. The molecule has 0 atom stereocenters. The van der Waals surface area contributed by atoms with Crippen LogP contribution in [0.25, 0.3) is 0 Å². The molecule has 4 nitrogen and oxygen atoms in total. The second-order valence-electron chi connectivity index (χ2n) is 2.22. The normalized spacial score (nSPS) is 9.38. The molecule has 0 aromatic carbocycles. The fourth-order valence-corrected chi connectivity index (χ4v) is 0.900. The van der Waals surface area contributed by atoms with E-state index in [4.69, 9.17) is 16.3 Å². The van der Waals surface area contributed by atoms with Crippen molar-refractivity contribution in [2.24, 2.45) is 0 Å². The first-order chi connectivity index (χ1) is 6.27. The highest BCUT2D eigenvalue weighted by Gasteiger charge is 2.03. The van der Waals surface area contributed by atoms with E-state index in [1.807, 2.05) is 0 Å². The van der Waals surface area contributed by atoms with Gasteiger partial charge in [0.15, 0.2) is 5.82 Å². The van der Waals surface area contributed by atoms with Gasteiger partial charge in [-0.15, -0.1) is 6.58 Å². The minimum atomic E-state index is 0.288. The Kier molecular flexibility index (Phi) is 3.52. The maximum atomic E-state index is 5.81. The molecule has 1 rings (SSSR count). The Morgan fingerprint density at radius 2 is 2.54 bits per heavy atom. The molecule has 0 saturated heterocycles. The van der Waals surface area contributed by atoms with Crippen LogP contribution >= 0.6 is 11.6 Å². The van der Waals surface area contributed by atoms with Crippen molar-refractivity contribution in [1.29, 1.82) is 0 Å². The zero-order valence-corrected chi connectivity index (χ0v) is 8.01. The Labute approximate surface area is 81.6 Å². The summed E-state index contributed by atoms with van der Waals surface area (Å²) < 4.78 is 4.84. The van der Waals surface area contributed by atoms with Crippen LogP contribution in [-0.2, 0) is 0 Å². The SMILES string of the molecule is C=CCNc1nc(OC)ncc1Cl. The van der Waals surface area contributed by atoms with E-state index < -0.39 is 0 Å². The van der Waals surface area contributed by atoms with E-state index in [2.05, 4.69) is 21.9 Å². The third-order valence-electron chi connectivity index (χ3n) is 1.32. The summed E-state index contributed by atoms with van der Waals surface area (Å²) in [5.74, 6) is 0.549. The number of aromatic nitrogens is 2. The smallest absolute Gasteiger partial charge is 0.318 e. The van der Waals surface area contributed by atoms with Gasteiger partial charge in [-0.25, -0.2) is 4.98 Å². The molecule has 0 aliphatic carbocycles. The van der Waals surface area contributed by atoms with Gasteiger partial charge >= 0.3 is 6.01 Å². The zero-order valence-electron chi connectivity index (χ0n) is 7.25. The van der Waals surface area contributed by atoms with Gasteiger partial charge in [-0.3, -0.25) is 0 Å². The van der Waals surface area contributed by atoms with Gasteiger partial charge in [-0.1, -0.05) is 17.7 Å². The average molecular weight is 200 g/mol. The van der Waals surface area contributed by atoms with Gasteiger partial charge in [0.05, 0.1) is 13.3 Å². The summed E-state index contributed by atoms with van der Waals surface area (Å²) in [5, 5.41) is 3.42. The van der Waals surface area contributed by atoms with Crippen LogP contribution in [0.15, 0.2) is 18.9 Å². The molecule has 1 N–H and O–H groups in total. The van der Waals surface area contributed by atoms with Gasteiger partial charge in [-0.05, 0) is 0 Å². The third kappa shape index (κ3) is 2.59. The molecular weight excluding hydrogens is 190 g/mol. The van der Waals surface area contributed by atoms with Crippen LogP contribution in [0.2, 0.25) is 5.02 Å². The largest absolute Gasteiger partial charge is 0.467 e. The number of hydrogen-bond acceptors (Lipinski definition) is 4. The highest BCUT2D eigenvalue weighted by molar-refractivity contribution is 6.32. The first-order valence-corrected chi connectivity index (χ1v) is 4.07. The van der Waals surface area contributed by atoms with Gasteiger partial charge in [-0.2, -0.15) is 4.98 Å². The lowest BCUT2D eigenvalue weighted by molar-refractivity contribution is 0.380. The molecule has 0 aliphatic heterocycles. The standard InChI is InChI=1S/C8H10ClN3O/c1-3-4-10-7-6(9)5-11-8(12-7)13-2/h3,5H,1,4H2,2H3,(H,10,11,12). The quantitative estimate of drug-likeness (QED) is 0.751. The van der Waals surface area contributed by atoms with Crippen molar-refractivity contribution >= 4 is 17.4 Å². The minimum Gasteiger partial charge on any atom is -0.467 e. The van der Waals surface area contributed by atoms with E-state index in [0.717, 1.165) is 0 Å². The molecule has 70 valence electrons. The maximum Gasteiger partial charge on any atom is 0.318 e. The van der Waals surface area contributed by atoms with E-state index >= 15 is 0 Å². The molecule has 0 unspecified atom stereocenters. The summed E-state index contributed by atoms with van der Waals surface area (Å²) in [7, 11) is 1.50. The predicted molar refractivity (Wildman–Crippen MR) is 52.3 cm³/mol. The lowest BCUT2D eigenvalue weighted by atomic mass is 10.5. The lowest BCUT2D eigenvalue weighted by Crippen LogP contribution is -2.03. The van der Waals surface area contributed by atoms with Crippen molar-refractivity contribution in [2.75, 3.05) is 19.0 Å². The number of ether oxygens (including phenoxy) is 1. The van der Waals surface area contributed by atoms with Crippen molar-refractivity contribution in [3.8, 4) is 6.01 Å². The van der Waals surface area contributed by atoms with Crippen molar-refractivity contribution < 1.29 is 4.74 Å². The first kappa shape index (κ1) is 9.80. The van der Waals surface area contributed by atoms with Gasteiger partial charge in [0, 0.05) is 6.54 Å². The molecular formula is C8H10ClN3O. The summed E-state index contributed by atoms with van der Waals surface area (Å²) in [6.07, 6.45) is 3.20. The number of nitrogens with one attached hydrogen (secondary N) is 1. The summed E-state index contributed by atoms with van der Waals surface area (Å²) in [6.45, 7) is 4.16. The Balaban J connectivity index is 2.83. The van der Waals surface area contributed by atoms with Crippen molar-refractivity contribution in [2.45, 2.75) is 0 Å². The van der Waals surface area contributed by atoms with Crippen LogP contribution in [0.5, 0.6) is 6.01 Å². The number of anilines is 1. The van der Waals surface area contributed by atoms with Crippen molar-refractivity contribution in [1.82, 2.24) is 9.97 Å². The van der Waals surface area contributed by atoms with E-state index in [9.17, 15) is 0 Å². The monoisotopic (exact) mass is 199 g/mol. The Morgan fingerprint density at radius 3 is 3.15 bits per heavy atom. The molecule has 1 aromatic rings. The molecule has 0 spiro atoms. The maximum absolute atomic E-state index is 5.81. The van der Waals surface area contributed by atoms with Gasteiger partial charge in [0.2, 0.25) is 0 Å². The average Bonchev–Trinajstić information content (AvgIpc) is 2.17. The molecule has 0 saturated carbocycles. The molecule has 1 heterocycles. The Hall–Kier alpha value is -1.29. The molecule has 13 heavy (non-hydrogen) atoms. The summed E-state index contributed by atoms with van der Waals surface area (Å²) in [6, 6.07) is 0.288. The van der Waals surface area contributed by atoms with Crippen LogP contribution in [0, 0.1) is 0 Å². The van der Waals surface area contributed by atoms with E-state index in [-0.39, 0.29) is 6.01 Å². The van der Waals surface area contributed by atoms with Crippen molar-refractivity contribution in [3.05, 3.63) is 23.9 Å². The second-order valence-corrected chi connectivity index (χ2v) is 2.63.